The van der Waals surface area contributed by atoms with E-state index in [1.807, 2.05) is 0 Å². The second kappa shape index (κ2) is 6.49. The normalized spacial score (nSPS) is 10.8. The number of nitrogens with zero attached hydrogens (tertiary/aromatic N) is 3. The van der Waals surface area contributed by atoms with E-state index in [1.54, 1.807) is 13.0 Å². The summed E-state index contributed by atoms with van der Waals surface area (Å²) in [5.41, 5.74) is 0.467. The average molecular weight is 332 g/mol. The summed E-state index contributed by atoms with van der Waals surface area (Å²) in [6.45, 7) is 1.74. The number of aryl methyl sites for hydroxylation is 2. The van der Waals surface area contributed by atoms with Crippen molar-refractivity contribution in [2.24, 2.45) is 0 Å². The van der Waals surface area contributed by atoms with Gasteiger partial charge in [-0.25, -0.2) is 9.18 Å². The molecule has 124 valence electrons. The van der Waals surface area contributed by atoms with Gasteiger partial charge in [0.2, 0.25) is 11.8 Å². The Bertz CT molecular complexity index is 910. The number of benzene rings is 1. The number of anilines is 1. The van der Waals surface area contributed by atoms with Crippen LogP contribution in [0.5, 0.6) is 0 Å². The van der Waals surface area contributed by atoms with Crippen molar-refractivity contribution in [3.63, 3.8) is 0 Å². The summed E-state index contributed by atoms with van der Waals surface area (Å²) in [5, 5.41) is 10.2. The maximum atomic E-state index is 12.9. The molecule has 0 radical (unpaired) electrons. The van der Waals surface area contributed by atoms with E-state index in [0.717, 1.165) is 4.68 Å². The first-order valence-electron chi connectivity index (χ1n) is 7.08. The molecule has 2 heterocycles. The van der Waals surface area contributed by atoms with E-state index >= 15 is 0 Å². The third kappa shape index (κ3) is 3.57. The van der Waals surface area contributed by atoms with Gasteiger partial charge < -0.3 is 14.3 Å². The lowest BCUT2D eigenvalue weighted by atomic mass is 10.2. The van der Waals surface area contributed by atoms with Crippen molar-refractivity contribution in [3.8, 4) is 11.5 Å². The predicted molar refractivity (Wildman–Crippen MR) is 80.6 cm³/mol. The van der Waals surface area contributed by atoms with Crippen LogP contribution in [0.2, 0.25) is 0 Å². The highest BCUT2D eigenvalue weighted by Gasteiger charge is 2.12. The first-order chi connectivity index (χ1) is 11.5. The molecule has 0 fully saturated rings. The number of hydrogen-bond donors (Lipinski definition) is 1. The highest BCUT2D eigenvalue weighted by atomic mass is 19.1. The fraction of sp³-hybridized carbons (Fsp3) is 0.200. The lowest BCUT2D eigenvalue weighted by Gasteiger charge is -2.00. The van der Waals surface area contributed by atoms with Gasteiger partial charge in [-0.2, -0.15) is 4.68 Å². The molecule has 0 aliphatic carbocycles. The maximum absolute atomic E-state index is 12.9. The number of hydrogen-bond acceptors (Lipinski definition) is 6. The molecule has 3 aromatic rings. The number of aromatic nitrogens is 3. The van der Waals surface area contributed by atoms with Gasteiger partial charge in [-0.1, -0.05) is 5.16 Å². The lowest BCUT2D eigenvalue weighted by Crippen LogP contribution is -2.21. The molecule has 0 unspecified atom stereocenters. The number of rotatable bonds is 5. The van der Waals surface area contributed by atoms with Crippen LogP contribution in [0, 0.1) is 12.7 Å². The van der Waals surface area contributed by atoms with E-state index in [4.69, 9.17) is 8.94 Å². The molecular formula is C15H13FN4O4. The molecule has 24 heavy (non-hydrogen) atoms. The smallest absolute Gasteiger partial charge is 0.388 e. The van der Waals surface area contributed by atoms with Crippen LogP contribution in [-0.2, 0) is 11.3 Å². The van der Waals surface area contributed by atoms with E-state index in [0.29, 0.717) is 17.1 Å². The van der Waals surface area contributed by atoms with Crippen LogP contribution >= 0.6 is 0 Å². The van der Waals surface area contributed by atoms with Gasteiger partial charge in [0, 0.05) is 18.1 Å². The second-order valence-corrected chi connectivity index (χ2v) is 5.02. The number of carbonyl (C=O) groups excluding carboxylic acids is 1. The second-order valence-electron chi connectivity index (χ2n) is 5.02. The van der Waals surface area contributed by atoms with Crippen LogP contribution in [0.15, 0.2) is 44.1 Å². The summed E-state index contributed by atoms with van der Waals surface area (Å²) in [7, 11) is 0. The number of halogens is 1. The minimum absolute atomic E-state index is 0.00120. The Morgan fingerprint density at radius 1 is 1.33 bits per heavy atom. The Balaban J connectivity index is 1.64. The van der Waals surface area contributed by atoms with E-state index in [2.05, 4.69) is 15.6 Å². The molecule has 1 amide bonds. The zero-order valence-electron chi connectivity index (χ0n) is 12.7. The quantitative estimate of drug-likeness (QED) is 0.766. The van der Waals surface area contributed by atoms with Crippen LogP contribution < -0.4 is 11.1 Å². The molecule has 1 aromatic carbocycles. The third-order valence-electron chi connectivity index (χ3n) is 3.14. The van der Waals surface area contributed by atoms with Crippen molar-refractivity contribution in [1.29, 1.82) is 0 Å². The highest BCUT2D eigenvalue weighted by molar-refractivity contribution is 5.89. The van der Waals surface area contributed by atoms with Crippen molar-refractivity contribution in [3.05, 3.63) is 52.5 Å². The molecule has 9 heteroatoms. The standard InChI is InChI=1S/C15H13FN4O4/c1-9-8-12(19-24-9)17-13(21)6-7-20-15(22)23-14(18-20)10-2-4-11(16)5-3-10/h2-5,8H,6-7H2,1H3,(H,17,19,21). The van der Waals surface area contributed by atoms with Crippen LogP contribution in [-0.4, -0.2) is 20.8 Å². The number of nitrogens with one attached hydrogen (secondary N) is 1. The zero-order chi connectivity index (χ0) is 17.1. The molecule has 1 N–H and O–H groups in total. The predicted octanol–water partition coefficient (Wildman–Crippen LogP) is 1.97. The minimum atomic E-state index is -0.695. The fourth-order valence-corrected chi connectivity index (χ4v) is 1.99. The van der Waals surface area contributed by atoms with Gasteiger partial charge in [-0.05, 0) is 31.2 Å². The van der Waals surface area contributed by atoms with Gasteiger partial charge in [0.1, 0.15) is 11.6 Å². The Hall–Kier alpha value is -3.23. The van der Waals surface area contributed by atoms with Crippen LogP contribution in [0.4, 0.5) is 10.2 Å². The summed E-state index contributed by atoms with van der Waals surface area (Å²) < 4.78 is 23.8. The van der Waals surface area contributed by atoms with E-state index in [-0.39, 0.29) is 24.8 Å². The molecule has 0 bridgehead atoms. The molecule has 0 saturated heterocycles. The molecule has 3 rings (SSSR count). The topological polar surface area (TPSA) is 103 Å². The molecular weight excluding hydrogens is 319 g/mol. The summed E-state index contributed by atoms with van der Waals surface area (Å²) in [6.07, 6.45) is 0.00120. The van der Waals surface area contributed by atoms with Gasteiger partial charge in [0.15, 0.2) is 5.82 Å². The largest absolute Gasteiger partial charge is 0.437 e. The summed E-state index contributed by atoms with van der Waals surface area (Å²) >= 11 is 0. The molecule has 0 aliphatic heterocycles. The maximum Gasteiger partial charge on any atom is 0.437 e. The zero-order valence-corrected chi connectivity index (χ0v) is 12.7. The Kier molecular flexibility index (Phi) is 4.23. The van der Waals surface area contributed by atoms with Gasteiger partial charge in [-0.15, -0.1) is 5.10 Å². The lowest BCUT2D eigenvalue weighted by molar-refractivity contribution is -0.116. The average Bonchev–Trinajstić information content (AvgIpc) is 3.12. The molecule has 0 atom stereocenters. The van der Waals surface area contributed by atoms with Crippen LogP contribution in [0.25, 0.3) is 11.5 Å². The van der Waals surface area contributed by atoms with E-state index in [1.165, 1.54) is 24.3 Å². The Labute approximate surface area is 134 Å². The first kappa shape index (κ1) is 15.7. The van der Waals surface area contributed by atoms with E-state index in [9.17, 15) is 14.0 Å². The monoisotopic (exact) mass is 332 g/mol. The summed E-state index contributed by atoms with van der Waals surface area (Å²) in [6, 6.07) is 6.95. The Morgan fingerprint density at radius 3 is 2.75 bits per heavy atom. The number of amides is 1. The van der Waals surface area contributed by atoms with Crippen molar-refractivity contribution >= 4 is 11.7 Å². The summed E-state index contributed by atoms with van der Waals surface area (Å²) in [4.78, 5) is 23.6. The molecule has 0 spiro atoms. The van der Waals surface area contributed by atoms with Crippen LogP contribution in [0.3, 0.4) is 0 Å². The minimum Gasteiger partial charge on any atom is -0.388 e. The van der Waals surface area contributed by atoms with Gasteiger partial charge in [0.25, 0.3) is 0 Å². The van der Waals surface area contributed by atoms with Gasteiger partial charge >= 0.3 is 5.76 Å². The van der Waals surface area contributed by atoms with Gasteiger partial charge in [0.05, 0.1) is 6.54 Å². The SMILES string of the molecule is Cc1cc(NC(=O)CCn2nc(-c3ccc(F)cc3)oc2=O)no1. The third-order valence-corrected chi connectivity index (χ3v) is 3.14. The highest BCUT2D eigenvalue weighted by Crippen LogP contribution is 2.15. The van der Waals surface area contributed by atoms with Gasteiger partial charge in [-0.3, -0.25) is 4.79 Å². The van der Waals surface area contributed by atoms with Crippen LogP contribution in [0.1, 0.15) is 12.2 Å². The number of carbonyl (C=O) groups is 1. The molecule has 8 nitrogen and oxygen atoms in total. The fourth-order valence-electron chi connectivity index (χ4n) is 1.99. The van der Waals surface area contributed by atoms with Crippen molar-refractivity contribution in [2.75, 3.05) is 5.32 Å². The van der Waals surface area contributed by atoms with Crippen molar-refractivity contribution in [2.45, 2.75) is 19.9 Å². The van der Waals surface area contributed by atoms with Crippen molar-refractivity contribution < 1.29 is 18.1 Å². The molecule has 0 saturated carbocycles. The Morgan fingerprint density at radius 2 is 2.08 bits per heavy atom. The first-order valence-corrected chi connectivity index (χ1v) is 7.08. The van der Waals surface area contributed by atoms with E-state index < -0.39 is 11.6 Å². The van der Waals surface area contributed by atoms with Crippen molar-refractivity contribution in [1.82, 2.24) is 14.9 Å². The summed E-state index contributed by atoms with van der Waals surface area (Å²) in [5.74, 6) is -0.507. The molecule has 2 aromatic heterocycles. The molecule has 0 aliphatic rings.